The summed E-state index contributed by atoms with van der Waals surface area (Å²) in [7, 11) is -2.10. The van der Waals surface area contributed by atoms with Gasteiger partial charge in [-0.05, 0) is 25.7 Å². The molecule has 1 rings (SSSR count). The smallest absolute Gasteiger partial charge is 0.308 e. The maximum Gasteiger partial charge on any atom is 0.308 e. The zero-order valence-electron chi connectivity index (χ0n) is 8.93. The van der Waals surface area contributed by atoms with Crippen LogP contribution in [0.5, 0.6) is 0 Å². The summed E-state index contributed by atoms with van der Waals surface area (Å²) < 4.78 is 31.3. The summed E-state index contributed by atoms with van der Waals surface area (Å²) in [6.45, 7) is 0. The van der Waals surface area contributed by atoms with Crippen LogP contribution in [0.2, 0.25) is 0 Å². The van der Waals surface area contributed by atoms with Crippen LogP contribution in [0.25, 0.3) is 0 Å². The zero-order valence-corrected chi connectivity index (χ0v) is 9.75. The Morgan fingerprint density at radius 3 is 2.53 bits per heavy atom. The molecule has 0 saturated heterocycles. The van der Waals surface area contributed by atoms with Crippen molar-refractivity contribution in [3.8, 4) is 0 Å². The van der Waals surface area contributed by atoms with E-state index in [1.54, 1.807) is 0 Å². The summed E-state index contributed by atoms with van der Waals surface area (Å²) in [4.78, 5) is 11.3. The molecule has 0 aromatic heterocycles. The number of ether oxygens (including phenoxy) is 1. The van der Waals surface area contributed by atoms with Gasteiger partial charge < -0.3 is 4.74 Å². The summed E-state index contributed by atoms with van der Waals surface area (Å²) >= 11 is 0. The standard InChI is InChI=1S/C9H16O5S/c1-13-9(10)7-4-3-5-8(6-7)14-15(2,11)12/h7-8H,3-6H2,1-2H3. The van der Waals surface area contributed by atoms with Gasteiger partial charge in [0.2, 0.25) is 0 Å². The van der Waals surface area contributed by atoms with Gasteiger partial charge in [0.15, 0.2) is 0 Å². The minimum atomic E-state index is -3.43. The van der Waals surface area contributed by atoms with Gasteiger partial charge >= 0.3 is 5.97 Å². The normalized spacial score (nSPS) is 27.3. The van der Waals surface area contributed by atoms with Crippen molar-refractivity contribution in [2.75, 3.05) is 13.4 Å². The average Bonchev–Trinajstić information content (AvgIpc) is 2.14. The number of methoxy groups -OCH3 is 1. The predicted octanol–water partition coefficient (Wildman–Crippen LogP) is 0.694. The highest BCUT2D eigenvalue weighted by atomic mass is 32.2. The van der Waals surface area contributed by atoms with E-state index in [4.69, 9.17) is 4.18 Å². The molecule has 0 aromatic carbocycles. The van der Waals surface area contributed by atoms with Crippen LogP contribution in [0.3, 0.4) is 0 Å². The third kappa shape index (κ3) is 4.17. The Hall–Kier alpha value is -0.620. The zero-order chi connectivity index (χ0) is 11.5. The van der Waals surface area contributed by atoms with Crippen LogP contribution in [0.4, 0.5) is 0 Å². The topological polar surface area (TPSA) is 69.7 Å². The van der Waals surface area contributed by atoms with Crippen LogP contribution in [-0.2, 0) is 23.8 Å². The molecule has 1 saturated carbocycles. The number of hydrogen-bond donors (Lipinski definition) is 0. The molecule has 1 aliphatic rings. The van der Waals surface area contributed by atoms with Crippen molar-refractivity contribution < 1.29 is 22.1 Å². The van der Waals surface area contributed by atoms with Crippen LogP contribution in [0.1, 0.15) is 25.7 Å². The lowest BCUT2D eigenvalue weighted by Crippen LogP contribution is -2.29. The molecular formula is C9H16O5S. The van der Waals surface area contributed by atoms with E-state index in [1.165, 1.54) is 7.11 Å². The Morgan fingerprint density at radius 1 is 1.33 bits per heavy atom. The average molecular weight is 236 g/mol. The Kier molecular flexibility index (Phi) is 4.10. The molecule has 15 heavy (non-hydrogen) atoms. The van der Waals surface area contributed by atoms with E-state index in [2.05, 4.69) is 4.74 Å². The first kappa shape index (κ1) is 12.4. The monoisotopic (exact) mass is 236 g/mol. The largest absolute Gasteiger partial charge is 0.469 e. The lowest BCUT2D eigenvalue weighted by molar-refractivity contribution is -0.147. The second kappa shape index (κ2) is 4.94. The van der Waals surface area contributed by atoms with Crippen molar-refractivity contribution in [3.05, 3.63) is 0 Å². The van der Waals surface area contributed by atoms with Crippen LogP contribution in [0.15, 0.2) is 0 Å². The predicted molar refractivity (Wildman–Crippen MR) is 53.7 cm³/mol. The summed E-state index contributed by atoms with van der Waals surface area (Å²) in [6, 6.07) is 0. The van der Waals surface area contributed by atoms with Gasteiger partial charge in [-0.1, -0.05) is 0 Å². The van der Waals surface area contributed by atoms with Gasteiger partial charge in [0.1, 0.15) is 0 Å². The fourth-order valence-electron chi connectivity index (χ4n) is 1.86. The molecule has 0 amide bonds. The number of esters is 1. The molecule has 6 heteroatoms. The molecule has 1 fully saturated rings. The van der Waals surface area contributed by atoms with Crippen LogP contribution < -0.4 is 0 Å². The fourth-order valence-corrected chi connectivity index (χ4v) is 2.53. The first-order valence-corrected chi connectivity index (χ1v) is 6.70. The van der Waals surface area contributed by atoms with Crippen LogP contribution >= 0.6 is 0 Å². The van der Waals surface area contributed by atoms with Crippen molar-refractivity contribution in [1.82, 2.24) is 0 Å². The van der Waals surface area contributed by atoms with Gasteiger partial charge in [-0.25, -0.2) is 0 Å². The van der Waals surface area contributed by atoms with Gasteiger partial charge in [0.05, 0.1) is 25.4 Å². The quantitative estimate of drug-likeness (QED) is 0.532. The Bertz CT molecular complexity index is 321. The summed E-state index contributed by atoms with van der Waals surface area (Å²) in [5.74, 6) is -0.507. The highest BCUT2D eigenvalue weighted by molar-refractivity contribution is 7.86. The number of hydrogen-bond acceptors (Lipinski definition) is 5. The fraction of sp³-hybridized carbons (Fsp3) is 0.889. The highest BCUT2D eigenvalue weighted by Gasteiger charge is 2.30. The van der Waals surface area contributed by atoms with E-state index >= 15 is 0 Å². The molecule has 1 aliphatic carbocycles. The Balaban J connectivity index is 2.53. The first-order valence-electron chi connectivity index (χ1n) is 4.88. The number of carbonyl (C=O) groups is 1. The van der Waals surface area contributed by atoms with Gasteiger partial charge in [0, 0.05) is 0 Å². The molecule has 0 spiro atoms. The minimum Gasteiger partial charge on any atom is -0.469 e. The molecule has 0 radical (unpaired) electrons. The molecule has 0 bridgehead atoms. The summed E-state index contributed by atoms with van der Waals surface area (Å²) in [5, 5.41) is 0. The molecule has 2 atom stereocenters. The van der Waals surface area contributed by atoms with Crippen molar-refractivity contribution in [2.45, 2.75) is 31.8 Å². The second-order valence-corrected chi connectivity index (χ2v) is 5.41. The van der Waals surface area contributed by atoms with Crippen molar-refractivity contribution in [3.63, 3.8) is 0 Å². The third-order valence-electron chi connectivity index (χ3n) is 2.47. The van der Waals surface area contributed by atoms with E-state index in [1.807, 2.05) is 0 Å². The minimum absolute atomic E-state index is 0.226. The summed E-state index contributed by atoms with van der Waals surface area (Å²) in [5.41, 5.74) is 0. The molecule has 5 nitrogen and oxygen atoms in total. The molecule has 2 unspecified atom stereocenters. The highest BCUT2D eigenvalue weighted by Crippen LogP contribution is 2.27. The molecule has 0 aromatic rings. The Morgan fingerprint density at radius 2 is 2.00 bits per heavy atom. The Labute approximate surface area is 89.9 Å². The van der Waals surface area contributed by atoms with Gasteiger partial charge in [0.25, 0.3) is 10.1 Å². The van der Waals surface area contributed by atoms with E-state index < -0.39 is 10.1 Å². The van der Waals surface area contributed by atoms with Gasteiger partial charge in [-0.15, -0.1) is 0 Å². The van der Waals surface area contributed by atoms with Crippen LogP contribution in [0, 0.1) is 5.92 Å². The molecule has 0 aliphatic heterocycles. The maximum atomic E-state index is 11.3. The van der Waals surface area contributed by atoms with Gasteiger partial charge in [-0.3, -0.25) is 8.98 Å². The number of carbonyl (C=O) groups excluding carboxylic acids is 1. The molecular weight excluding hydrogens is 220 g/mol. The van der Waals surface area contributed by atoms with Crippen molar-refractivity contribution in [1.29, 1.82) is 0 Å². The van der Waals surface area contributed by atoms with Crippen LogP contribution in [-0.4, -0.2) is 33.9 Å². The summed E-state index contributed by atoms with van der Waals surface area (Å²) in [6.07, 6.45) is 3.29. The molecule has 0 N–H and O–H groups in total. The van der Waals surface area contributed by atoms with E-state index in [9.17, 15) is 13.2 Å². The van der Waals surface area contributed by atoms with E-state index in [0.717, 1.165) is 19.1 Å². The van der Waals surface area contributed by atoms with E-state index in [0.29, 0.717) is 12.8 Å². The van der Waals surface area contributed by atoms with Crippen molar-refractivity contribution in [2.24, 2.45) is 5.92 Å². The van der Waals surface area contributed by atoms with E-state index in [-0.39, 0.29) is 18.0 Å². The SMILES string of the molecule is COC(=O)C1CCCC(OS(C)(=O)=O)C1. The third-order valence-corrected chi connectivity index (χ3v) is 3.09. The lowest BCUT2D eigenvalue weighted by atomic mass is 9.87. The molecule has 88 valence electrons. The maximum absolute atomic E-state index is 11.3. The number of rotatable bonds is 3. The van der Waals surface area contributed by atoms with Gasteiger partial charge in [-0.2, -0.15) is 8.42 Å². The van der Waals surface area contributed by atoms with Crippen molar-refractivity contribution >= 4 is 16.1 Å². The second-order valence-electron chi connectivity index (χ2n) is 3.81. The lowest BCUT2D eigenvalue weighted by Gasteiger charge is -2.26. The first-order chi connectivity index (χ1) is 6.92. The molecule has 0 heterocycles.